The first-order valence-corrected chi connectivity index (χ1v) is 18.9. The van der Waals surface area contributed by atoms with Gasteiger partial charge in [0.2, 0.25) is 5.91 Å². The van der Waals surface area contributed by atoms with Crippen molar-refractivity contribution < 1.29 is 33.8 Å². The number of nitrogens with one attached hydrogen (secondary N) is 2. The molecule has 2 heterocycles. The number of fused-ring (bicyclic) bond motifs is 2. The SMILES string of the molecule is C[C@@H]1[C@@H](NC(=O)[C@@H]2[C@H]([C@H](C)O)[C@H](COC(=O)NCCN3CCOCC3)ON2Cc2cccc(-c3ccc(C(=O)N(C)C)cc3)c2)C[C@H]2C[C@@H]1C2(C)C. The van der Waals surface area contributed by atoms with Crippen LogP contribution in [-0.2, 0) is 25.7 Å². The van der Waals surface area contributed by atoms with Crippen molar-refractivity contribution in [1.82, 2.24) is 25.5 Å². The molecule has 2 aliphatic heterocycles. The van der Waals surface area contributed by atoms with Crippen LogP contribution in [0.15, 0.2) is 48.5 Å². The molecule has 3 aliphatic carbocycles. The molecule has 3 N–H and O–H groups in total. The fourth-order valence-electron chi connectivity index (χ4n) is 8.91. The van der Waals surface area contributed by atoms with E-state index < -0.39 is 30.3 Å². The molecule has 3 saturated carbocycles. The van der Waals surface area contributed by atoms with E-state index in [0.29, 0.717) is 49.6 Å². The molecule has 3 amide bonds. The number of morpholine rings is 1. The van der Waals surface area contributed by atoms with E-state index in [1.807, 2.05) is 48.5 Å². The van der Waals surface area contributed by atoms with E-state index in [9.17, 15) is 19.5 Å². The minimum atomic E-state index is -0.912. The number of ether oxygens (including phenoxy) is 2. The minimum absolute atomic E-state index is 0.0407. The van der Waals surface area contributed by atoms with Gasteiger partial charge in [-0.15, -0.1) is 0 Å². The first kappa shape index (κ1) is 38.2. The summed E-state index contributed by atoms with van der Waals surface area (Å²) in [6, 6.07) is 14.7. The van der Waals surface area contributed by atoms with Crippen molar-refractivity contribution in [3.63, 3.8) is 0 Å². The predicted molar refractivity (Wildman–Crippen MR) is 197 cm³/mol. The molecule has 2 saturated heterocycles. The molecule has 12 nitrogen and oxygen atoms in total. The maximum Gasteiger partial charge on any atom is 0.407 e. The Bertz CT molecular complexity index is 1560. The Balaban J connectivity index is 1.17. The van der Waals surface area contributed by atoms with Gasteiger partial charge in [-0.2, -0.15) is 5.06 Å². The average Bonchev–Trinajstić information content (AvgIpc) is 3.49. The van der Waals surface area contributed by atoms with E-state index in [0.717, 1.165) is 36.2 Å². The molecular weight excluding hydrogens is 662 g/mol. The Hall–Kier alpha value is -3.55. The monoisotopic (exact) mass is 719 g/mol. The zero-order valence-corrected chi connectivity index (χ0v) is 31.5. The fourth-order valence-corrected chi connectivity index (χ4v) is 8.91. The number of hydrogen-bond acceptors (Lipinski definition) is 9. The van der Waals surface area contributed by atoms with Crippen molar-refractivity contribution in [2.75, 3.05) is 60.1 Å². The molecule has 0 radical (unpaired) electrons. The van der Waals surface area contributed by atoms with Crippen LogP contribution in [0.25, 0.3) is 11.1 Å². The summed E-state index contributed by atoms with van der Waals surface area (Å²) in [5.74, 6) is 0.577. The molecule has 12 heteroatoms. The number of amides is 3. The Morgan fingerprint density at radius 3 is 2.44 bits per heavy atom. The molecule has 2 aromatic carbocycles. The van der Waals surface area contributed by atoms with E-state index in [4.69, 9.17) is 14.3 Å². The molecule has 8 atom stereocenters. The van der Waals surface area contributed by atoms with Crippen molar-refractivity contribution >= 4 is 17.9 Å². The van der Waals surface area contributed by atoms with Gasteiger partial charge >= 0.3 is 6.09 Å². The lowest BCUT2D eigenvalue weighted by molar-refractivity contribution is -0.183. The number of aliphatic hydroxyl groups excluding tert-OH is 1. The lowest BCUT2D eigenvalue weighted by Gasteiger charge is -2.62. The quantitative estimate of drug-likeness (QED) is 0.300. The number of carbonyl (C=O) groups excluding carboxylic acids is 3. The fraction of sp³-hybridized carbons (Fsp3) is 0.625. The summed E-state index contributed by atoms with van der Waals surface area (Å²) in [5.41, 5.74) is 3.71. The van der Waals surface area contributed by atoms with Gasteiger partial charge in [-0.1, -0.05) is 51.1 Å². The molecule has 5 fully saturated rings. The standard InChI is InChI=1S/C40H57N5O7/c1-25-32-21-31(40(32,3)4)22-33(25)42-37(47)36-35(26(2)46)34(24-51-39(49)41-14-15-44-16-18-50-19-17-44)52-45(36)23-27-8-7-9-30(20-27)28-10-12-29(13-11-28)38(48)43(5)6/h7-13,20,25-26,31-36,46H,14-19,21-24H2,1-6H3,(H,41,49)(H,42,47)/t25-,26-,31+,32-,33-,34-,35+,36-/m0/s1. The highest BCUT2D eigenvalue weighted by Crippen LogP contribution is 2.61. The van der Waals surface area contributed by atoms with Crippen LogP contribution >= 0.6 is 0 Å². The number of benzene rings is 2. The summed E-state index contributed by atoms with van der Waals surface area (Å²) >= 11 is 0. The zero-order chi connectivity index (χ0) is 37.2. The summed E-state index contributed by atoms with van der Waals surface area (Å²) < 4.78 is 11.0. The number of hydrogen-bond donors (Lipinski definition) is 3. The van der Waals surface area contributed by atoms with Crippen molar-refractivity contribution in [3.8, 4) is 11.1 Å². The van der Waals surface area contributed by atoms with E-state index in [1.54, 1.807) is 31.0 Å². The third-order valence-corrected chi connectivity index (χ3v) is 12.2. The van der Waals surface area contributed by atoms with Gasteiger partial charge in [0.05, 0.1) is 25.9 Å². The summed E-state index contributed by atoms with van der Waals surface area (Å²) in [6.45, 7) is 12.9. The third-order valence-electron chi connectivity index (χ3n) is 12.2. The Morgan fingerprint density at radius 1 is 1.06 bits per heavy atom. The van der Waals surface area contributed by atoms with Crippen molar-refractivity contribution in [2.45, 2.75) is 71.4 Å². The first-order valence-electron chi connectivity index (χ1n) is 18.9. The van der Waals surface area contributed by atoms with Gasteiger partial charge in [0.15, 0.2) is 0 Å². The first-order chi connectivity index (χ1) is 24.8. The van der Waals surface area contributed by atoms with Gasteiger partial charge in [-0.05, 0) is 77.8 Å². The zero-order valence-electron chi connectivity index (χ0n) is 31.5. The number of hydroxylamine groups is 2. The molecule has 0 aromatic heterocycles. The number of carbonyl (C=O) groups is 3. The van der Waals surface area contributed by atoms with Crippen LogP contribution in [0.3, 0.4) is 0 Å². The van der Waals surface area contributed by atoms with Gasteiger partial charge in [-0.3, -0.25) is 19.3 Å². The summed E-state index contributed by atoms with van der Waals surface area (Å²) in [7, 11) is 3.46. The smallest absolute Gasteiger partial charge is 0.407 e. The maximum atomic E-state index is 14.3. The second-order valence-electron chi connectivity index (χ2n) is 16.0. The van der Waals surface area contributed by atoms with Crippen molar-refractivity contribution in [3.05, 3.63) is 59.7 Å². The highest BCUT2D eigenvalue weighted by molar-refractivity contribution is 5.94. The van der Waals surface area contributed by atoms with Crippen LogP contribution in [0.2, 0.25) is 0 Å². The average molecular weight is 720 g/mol. The van der Waals surface area contributed by atoms with E-state index >= 15 is 0 Å². The van der Waals surface area contributed by atoms with E-state index in [-0.39, 0.29) is 36.4 Å². The molecule has 0 unspecified atom stereocenters. The largest absolute Gasteiger partial charge is 0.447 e. The highest BCUT2D eigenvalue weighted by atomic mass is 16.7. The van der Waals surface area contributed by atoms with Gasteiger partial charge in [-0.25, -0.2) is 4.79 Å². The number of rotatable bonds is 12. The normalized spacial score (nSPS) is 29.1. The summed E-state index contributed by atoms with van der Waals surface area (Å²) in [6.07, 6.45) is -0.0773. The molecular formula is C40H57N5O7. The van der Waals surface area contributed by atoms with Gasteiger partial charge in [0.1, 0.15) is 18.8 Å². The maximum absolute atomic E-state index is 14.3. The van der Waals surface area contributed by atoms with E-state index in [2.05, 4.69) is 36.3 Å². The van der Waals surface area contributed by atoms with Gasteiger partial charge < -0.3 is 30.1 Å². The third kappa shape index (κ3) is 8.31. The van der Waals surface area contributed by atoms with Crippen molar-refractivity contribution in [2.24, 2.45) is 29.1 Å². The topological polar surface area (TPSA) is 133 Å². The Labute approximate surface area is 308 Å². The van der Waals surface area contributed by atoms with E-state index in [1.165, 1.54) is 6.42 Å². The lowest BCUT2D eigenvalue weighted by atomic mass is 9.45. The van der Waals surface area contributed by atoms with Crippen LogP contribution in [0.1, 0.15) is 56.5 Å². The summed E-state index contributed by atoms with van der Waals surface area (Å²) in [5, 5.41) is 19.0. The lowest BCUT2D eigenvalue weighted by Crippen LogP contribution is -2.62. The highest BCUT2D eigenvalue weighted by Gasteiger charge is 2.57. The second kappa shape index (κ2) is 16.2. The molecule has 0 spiro atoms. The molecule has 52 heavy (non-hydrogen) atoms. The molecule has 5 aliphatic rings. The summed E-state index contributed by atoms with van der Waals surface area (Å²) in [4.78, 5) is 49.8. The molecule has 7 rings (SSSR count). The van der Waals surface area contributed by atoms with Crippen LogP contribution in [0.4, 0.5) is 4.79 Å². The van der Waals surface area contributed by atoms with Crippen LogP contribution in [0, 0.1) is 29.1 Å². The Morgan fingerprint density at radius 2 is 1.79 bits per heavy atom. The minimum Gasteiger partial charge on any atom is -0.447 e. The number of nitrogens with zero attached hydrogens (tertiary/aromatic N) is 3. The van der Waals surface area contributed by atoms with Gasteiger partial charge in [0, 0.05) is 57.8 Å². The van der Waals surface area contributed by atoms with Crippen molar-refractivity contribution in [1.29, 1.82) is 0 Å². The van der Waals surface area contributed by atoms with Crippen LogP contribution < -0.4 is 10.6 Å². The number of aliphatic hydroxyl groups is 1. The number of alkyl carbamates (subject to hydrolysis) is 1. The second-order valence-corrected chi connectivity index (χ2v) is 16.0. The van der Waals surface area contributed by atoms with Gasteiger partial charge in [0.25, 0.3) is 5.91 Å². The molecule has 284 valence electrons. The Kier molecular flexibility index (Phi) is 11.9. The molecule has 2 aromatic rings. The van der Waals surface area contributed by atoms with Crippen LogP contribution in [0.5, 0.6) is 0 Å². The molecule has 2 bridgehead atoms. The van der Waals surface area contributed by atoms with Crippen LogP contribution in [-0.4, -0.2) is 122 Å². The predicted octanol–water partition coefficient (Wildman–Crippen LogP) is 3.78.